The van der Waals surface area contributed by atoms with Crippen molar-refractivity contribution in [3.63, 3.8) is 0 Å². The fourth-order valence-corrected chi connectivity index (χ4v) is 2.07. The highest BCUT2D eigenvalue weighted by molar-refractivity contribution is 6.31. The lowest BCUT2D eigenvalue weighted by atomic mass is 10.2. The van der Waals surface area contributed by atoms with Crippen molar-refractivity contribution in [2.45, 2.75) is 13.8 Å². The van der Waals surface area contributed by atoms with Crippen molar-refractivity contribution in [2.75, 3.05) is 6.61 Å². The maximum Gasteiger partial charge on any atom is 0.128 e. The Bertz CT molecular complexity index is 638. The van der Waals surface area contributed by atoms with E-state index in [1.807, 2.05) is 44.2 Å². The van der Waals surface area contributed by atoms with Crippen LogP contribution in [-0.2, 0) is 0 Å². The van der Waals surface area contributed by atoms with Crippen LogP contribution in [0.4, 0.5) is 5.69 Å². The standard InChI is InChI=1S/C16H15Cl2NO/c1-3-20-16-7-5-13(17)8-12(16)10-19-14-6-4-11(2)15(18)9-14/h4-10H,3H2,1-2H3. The summed E-state index contributed by atoms with van der Waals surface area (Å²) in [5, 5.41) is 1.35. The Morgan fingerprint density at radius 2 is 1.95 bits per heavy atom. The molecule has 0 unspecified atom stereocenters. The first kappa shape index (κ1) is 14.9. The second kappa shape index (κ2) is 6.78. The monoisotopic (exact) mass is 307 g/mol. The van der Waals surface area contributed by atoms with Crippen LogP contribution < -0.4 is 4.74 Å². The highest BCUT2D eigenvalue weighted by Crippen LogP contribution is 2.24. The zero-order valence-electron chi connectivity index (χ0n) is 11.4. The highest BCUT2D eigenvalue weighted by Gasteiger charge is 2.02. The maximum absolute atomic E-state index is 6.08. The summed E-state index contributed by atoms with van der Waals surface area (Å²) >= 11 is 12.1. The lowest BCUT2D eigenvalue weighted by Crippen LogP contribution is -1.95. The van der Waals surface area contributed by atoms with Crippen LogP contribution in [0.1, 0.15) is 18.1 Å². The molecule has 104 valence electrons. The van der Waals surface area contributed by atoms with Crippen LogP contribution in [0.15, 0.2) is 41.4 Å². The normalized spacial score (nSPS) is 11.0. The Balaban J connectivity index is 2.30. The predicted octanol–water partition coefficient (Wildman–Crippen LogP) is 5.45. The van der Waals surface area contributed by atoms with Crippen LogP contribution >= 0.6 is 23.2 Å². The topological polar surface area (TPSA) is 21.6 Å². The quantitative estimate of drug-likeness (QED) is 0.688. The average Bonchev–Trinajstić information content (AvgIpc) is 2.43. The lowest BCUT2D eigenvalue weighted by Gasteiger charge is -2.07. The SMILES string of the molecule is CCOc1ccc(Cl)cc1C=Nc1ccc(C)c(Cl)c1. The third-order valence-corrected chi connectivity index (χ3v) is 3.42. The van der Waals surface area contributed by atoms with Crippen molar-refractivity contribution >= 4 is 35.1 Å². The largest absolute Gasteiger partial charge is 0.493 e. The summed E-state index contributed by atoms with van der Waals surface area (Å²) < 4.78 is 5.55. The van der Waals surface area contributed by atoms with Crippen molar-refractivity contribution in [1.82, 2.24) is 0 Å². The molecule has 20 heavy (non-hydrogen) atoms. The number of halogens is 2. The van der Waals surface area contributed by atoms with Gasteiger partial charge in [-0.05, 0) is 49.7 Å². The summed E-state index contributed by atoms with van der Waals surface area (Å²) in [5.74, 6) is 0.763. The van der Waals surface area contributed by atoms with E-state index in [-0.39, 0.29) is 0 Å². The van der Waals surface area contributed by atoms with Crippen molar-refractivity contribution in [3.05, 3.63) is 57.6 Å². The molecule has 0 saturated carbocycles. The lowest BCUT2D eigenvalue weighted by molar-refractivity contribution is 0.340. The summed E-state index contributed by atoms with van der Waals surface area (Å²) in [5.41, 5.74) is 2.67. The molecule has 0 bridgehead atoms. The summed E-state index contributed by atoms with van der Waals surface area (Å²) in [7, 11) is 0. The van der Waals surface area contributed by atoms with Crippen LogP contribution in [0, 0.1) is 6.92 Å². The van der Waals surface area contributed by atoms with Gasteiger partial charge in [0.05, 0.1) is 12.3 Å². The van der Waals surface area contributed by atoms with Gasteiger partial charge in [-0.1, -0.05) is 29.3 Å². The molecule has 2 aromatic carbocycles. The minimum Gasteiger partial charge on any atom is -0.493 e. The molecule has 0 aliphatic rings. The van der Waals surface area contributed by atoms with Gasteiger partial charge in [-0.15, -0.1) is 0 Å². The summed E-state index contributed by atoms with van der Waals surface area (Å²) in [6.45, 7) is 4.49. The van der Waals surface area contributed by atoms with Gasteiger partial charge in [0.2, 0.25) is 0 Å². The molecule has 2 rings (SSSR count). The van der Waals surface area contributed by atoms with Crippen LogP contribution in [-0.4, -0.2) is 12.8 Å². The number of aryl methyl sites for hydroxylation is 1. The fourth-order valence-electron chi connectivity index (χ4n) is 1.71. The molecule has 0 heterocycles. The number of benzene rings is 2. The number of aliphatic imine (C=N–C) groups is 1. The van der Waals surface area contributed by atoms with Gasteiger partial charge >= 0.3 is 0 Å². The third kappa shape index (κ3) is 3.75. The van der Waals surface area contributed by atoms with Crippen LogP contribution in [0.5, 0.6) is 5.75 Å². The predicted molar refractivity (Wildman–Crippen MR) is 86.1 cm³/mol. The van der Waals surface area contributed by atoms with E-state index in [0.717, 1.165) is 22.6 Å². The van der Waals surface area contributed by atoms with E-state index in [4.69, 9.17) is 27.9 Å². The molecule has 0 atom stereocenters. The number of ether oxygens (including phenoxy) is 1. The zero-order valence-corrected chi connectivity index (χ0v) is 12.9. The molecular formula is C16H15Cl2NO. The van der Waals surface area contributed by atoms with Crippen molar-refractivity contribution < 1.29 is 4.74 Å². The molecule has 2 aromatic rings. The molecule has 4 heteroatoms. The number of nitrogens with zero attached hydrogens (tertiary/aromatic N) is 1. The molecule has 0 spiro atoms. The van der Waals surface area contributed by atoms with Crippen molar-refractivity contribution in [2.24, 2.45) is 4.99 Å². The molecule has 0 radical (unpaired) electrons. The third-order valence-electron chi connectivity index (χ3n) is 2.78. The minimum atomic E-state index is 0.596. The van der Waals surface area contributed by atoms with Gasteiger partial charge in [-0.25, -0.2) is 0 Å². The fraction of sp³-hybridized carbons (Fsp3) is 0.188. The molecular weight excluding hydrogens is 293 g/mol. The van der Waals surface area contributed by atoms with Crippen molar-refractivity contribution in [1.29, 1.82) is 0 Å². The zero-order chi connectivity index (χ0) is 14.5. The van der Waals surface area contributed by atoms with Gasteiger partial charge in [0.25, 0.3) is 0 Å². The Hall–Kier alpha value is -1.51. The molecule has 0 aliphatic carbocycles. The summed E-state index contributed by atoms with van der Waals surface area (Å²) in [4.78, 5) is 4.41. The molecule has 0 aromatic heterocycles. The van der Waals surface area contributed by atoms with E-state index >= 15 is 0 Å². The van der Waals surface area contributed by atoms with E-state index in [0.29, 0.717) is 16.7 Å². The number of hydrogen-bond acceptors (Lipinski definition) is 2. The van der Waals surface area contributed by atoms with E-state index < -0.39 is 0 Å². The Kier molecular flexibility index (Phi) is 5.05. The maximum atomic E-state index is 6.08. The molecule has 0 aliphatic heterocycles. The Morgan fingerprint density at radius 1 is 1.15 bits per heavy atom. The molecule has 2 nitrogen and oxygen atoms in total. The van der Waals surface area contributed by atoms with Crippen LogP contribution in [0.25, 0.3) is 0 Å². The number of hydrogen-bond donors (Lipinski definition) is 0. The Labute approximate surface area is 129 Å². The highest BCUT2D eigenvalue weighted by atomic mass is 35.5. The first-order valence-electron chi connectivity index (χ1n) is 6.32. The van der Waals surface area contributed by atoms with Crippen molar-refractivity contribution in [3.8, 4) is 5.75 Å². The summed E-state index contributed by atoms with van der Waals surface area (Å²) in [6, 6.07) is 11.2. The van der Waals surface area contributed by atoms with E-state index in [2.05, 4.69) is 4.99 Å². The first-order valence-corrected chi connectivity index (χ1v) is 7.08. The van der Waals surface area contributed by atoms with Gasteiger partial charge in [0.15, 0.2) is 0 Å². The van der Waals surface area contributed by atoms with Gasteiger partial charge in [0.1, 0.15) is 5.75 Å². The van der Waals surface area contributed by atoms with E-state index in [1.54, 1.807) is 12.3 Å². The van der Waals surface area contributed by atoms with Gasteiger partial charge in [-0.3, -0.25) is 4.99 Å². The molecule has 0 fully saturated rings. The molecule has 0 saturated heterocycles. The second-order valence-corrected chi connectivity index (χ2v) is 5.15. The number of rotatable bonds is 4. The summed E-state index contributed by atoms with van der Waals surface area (Å²) in [6.07, 6.45) is 1.73. The average molecular weight is 308 g/mol. The van der Waals surface area contributed by atoms with E-state index in [1.165, 1.54) is 0 Å². The Morgan fingerprint density at radius 3 is 2.65 bits per heavy atom. The first-order chi connectivity index (χ1) is 9.60. The smallest absolute Gasteiger partial charge is 0.128 e. The van der Waals surface area contributed by atoms with Gasteiger partial charge in [-0.2, -0.15) is 0 Å². The van der Waals surface area contributed by atoms with E-state index in [9.17, 15) is 0 Å². The van der Waals surface area contributed by atoms with Gasteiger partial charge in [0, 0.05) is 21.8 Å². The molecule has 0 amide bonds. The minimum absolute atomic E-state index is 0.596. The van der Waals surface area contributed by atoms with Crippen LogP contribution in [0.3, 0.4) is 0 Å². The van der Waals surface area contributed by atoms with Crippen LogP contribution in [0.2, 0.25) is 10.0 Å². The second-order valence-electron chi connectivity index (χ2n) is 4.31. The molecule has 0 N–H and O–H groups in total. The van der Waals surface area contributed by atoms with Gasteiger partial charge < -0.3 is 4.74 Å².